The Bertz CT molecular complexity index is 540. The lowest BCUT2D eigenvalue weighted by Gasteiger charge is -2.11. The van der Waals surface area contributed by atoms with E-state index in [4.69, 9.17) is 5.73 Å². The third kappa shape index (κ3) is 4.99. The van der Waals surface area contributed by atoms with Gasteiger partial charge in [0.2, 0.25) is 0 Å². The molecule has 0 unspecified atom stereocenters. The Morgan fingerprint density at radius 1 is 1.00 bits per heavy atom. The zero-order valence-corrected chi connectivity index (χ0v) is 12.6. The van der Waals surface area contributed by atoms with Gasteiger partial charge in [-0.05, 0) is 24.1 Å². The molecular formula is C17H24N4. The van der Waals surface area contributed by atoms with E-state index >= 15 is 0 Å². The van der Waals surface area contributed by atoms with Crippen molar-refractivity contribution in [1.82, 2.24) is 4.98 Å². The Morgan fingerprint density at radius 3 is 2.52 bits per heavy atom. The molecule has 112 valence electrons. The summed E-state index contributed by atoms with van der Waals surface area (Å²) in [6, 6.07) is 14.2. The second-order valence-corrected chi connectivity index (χ2v) is 5.10. The molecule has 0 spiro atoms. The largest absolute Gasteiger partial charge is 0.382 e. The predicted molar refractivity (Wildman–Crippen MR) is 90.4 cm³/mol. The summed E-state index contributed by atoms with van der Waals surface area (Å²) >= 11 is 0. The van der Waals surface area contributed by atoms with E-state index < -0.39 is 0 Å². The first-order chi connectivity index (χ1) is 10.3. The second kappa shape index (κ2) is 8.15. The molecule has 0 bridgehead atoms. The van der Waals surface area contributed by atoms with Crippen molar-refractivity contribution >= 4 is 17.3 Å². The quantitative estimate of drug-likeness (QED) is 0.644. The van der Waals surface area contributed by atoms with Crippen molar-refractivity contribution in [2.45, 2.75) is 32.7 Å². The zero-order valence-electron chi connectivity index (χ0n) is 12.6. The summed E-state index contributed by atoms with van der Waals surface area (Å²) in [4.78, 5) is 4.39. The normalized spacial score (nSPS) is 10.3. The van der Waals surface area contributed by atoms with E-state index in [0.29, 0.717) is 5.82 Å². The molecule has 0 fully saturated rings. The SMILES string of the molecule is CCCCCNc1ccc(NCc2ccccc2)nc1N. The highest BCUT2D eigenvalue weighted by Crippen LogP contribution is 2.19. The Kier molecular flexibility index (Phi) is 5.88. The number of nitrogens with one attached hydrogen (secondary N) is 2. The maximum atomic E-state index is 5.99. The second-order valence-electron chi connectivity index (χ2n) is 5.10. The first-order valence-corrected chi connectivity index (χ1v) is 7.58. The standard InChI is InChI=1S/C17H24N4/c1-2-3-7-12-19-15-10-11-16(21-17(15)18)20-13-14-8-5-4-6-9-14/h4-6,8-11,19H,2-3,7,12-13H2,1H3,(H3,18,20,21). The van der Waals surface area contributed by atoms with Gasteiger partial charge < -0.3 is 16.4 Å². The van der Waals surface area contributed by atoms with Crippen LogP contribution >= 0.6 is 0 Å². The van der Waals surface area contributed by atoms with Crippen molar-refractivity contribution in [2.24, 2.45) is 0 Å². The van der Waals surface area contributed by atoms with Crippen molar-refractivity contribution in [2.75, 3.05) is 22.9 Å². The van der Waals surface area contributed by atoms with Crippen LogP contribution in [0.2, 0.25) is 0 Å². The van der Waals surface area contributed by atoms with Crippen molar-refractivity contribution in [3.63, 3.8) is 0 Å². The molecule has 1 heterocycles. The van der Waals surface area contributed by atoms with Crippen molar-refractivity contribution < 1.29 is 0 Å². The summed E-state index contributed by atoms with van der Waals surface area (Å²) in [7, 11) is 0. The van der Waals surface area contributed by atoms with Crippen LogP contribution in [-0.4, -0.2) is 11.5 Å². The molecule has 0 saturated carbocycles. The van der Waals surface area contributed by atoms with E-state index in [1.54, 1.807) is 0 Å². The predicted octanol–water partition coefficient (Wildman–Crippen LogP) is 3.88. The molecule has 0 amide bonds. The molecule has 2 aromatic rings. The molecule has 1 aromatic carbocycles. The molecule has 0 aliphatic carbocycles. The smallest absolute Gasteiger partial charge is 0.149 e. The van der Waals surface area contributed by atoms with Crippen LogP contribution in [0.25, 0.3) is 0 Å². The number of pyridine rings is 1. The average Bonchev–Trinajstić information content (AvgIpc) is 2.52. The van der Waals surface area contributed by atoms with E-state index in [9.17, 15) is 0 Å². The first kappa shape index (κ1) is 15.2. The lowest BCUT2D eigenvalue weighted by atomic mass is 10.2. The minimum absolute atomic E-state index is 0.546. The van der Waals surface area contributed by atoms with Crippen LogP contribution in [0, 0.1) is 0 Å². The summed E-state index contributed by atoms with van der Waals surface area (Å²) in [5, 5.41) is 6.62. The summed E-state index contributed by atoms with van der Waals surface area (Å²) in [6.07, 6.45) is 3.61. The number of rotatable bonds is 8. The molecule has 0 saturated heterocycles. The fourth-order valence-corrected chi connectivity index (χ4v) is 2.11. The van der Waals surface area contributed by atoms with Gasteiger partial charge in [0.15, 0.2) is 0 Å². The van der Waals surface area contributed by atoms with Crippen LogP contribution in [0.3, 0.4) is 0 Å². The van der Waals surface area contributed by atoms with Crippen molar-refractivity contribution in [1.29, 1.82) is 0 Å². The van der Waals surface area contributed by atoms with E-state index in [1.807, 2.05) is 30.3 Å². The fourth-order valence-electron chi connectivity index (χ4n) is 2.11. The highest BCUT2D eigenvalue weighted by atomic mass is 15.0. The van der Waals surface area contributed by atoms with Gasteiger partial charge in [0.05, 0.1) is 5.69 Å². The van der Waals surface area contributed by atoms with E-state index in [-0.39, 0.29) is 0 Å². The highest BCUT2D eigenvalue weighted by molar-refractivity contribution is 5.64. The number of hydrogen-bond donors (Lipinski definition) is 3. The molecule has 4 heteroatoms. The van der Waals surface area contributed by atoms with E-state index in [2.05, 4.69) is 34.7 Å². The van der Waals surface area contributed by atoms with Crippen LogP contribution in [0.4, 0.5) is 17.3 Å². The van der Waals surface area contributed by atoms with Gasteiger partial charge in [-0.15, -0.1) is 0 Å². The number of nitrogens with two attached hydrogens (primary N) is 1. The highest BCUT2D eigenvalue weighted by Gasteiger charge is 2.02. The van der Waals surface area contributed by atoms with Gasteiger partial charge in [-0.3, -0.25) is 0 Å². The van der Waals surface area contributed by atoms with Gasteiger partial charge >= 0.3 is 0 Å². The number of benzene rings is 1. The van der Waals surface area contributed by atoms with Gasteiger partial charge in [-0.25, -0.2) is 4.98 Å². The van der Waals surface area contributed by atoms with Crippen molar-refractivity contribution in [3.05, 3.63) is 48.0 Å². The summed E-state index contributed by atoms with van der Waals surface area (Å²) in [6.45, 7) is 3.89. The van der Waals surface area contributed by atoms with Crippen LogP contribution in [0.5, 0.6) is 0 Å². The molecular weight excluding hydrogens is 260 g/mol. The van der Waals surface area contributed by atoms with Gasteiger partial charge in [-0.1, -0.05) is 50.1 Å². The monoisotopic (exact) mass is 284 g/mol. The molecule has 4 nitrogen and oxygen atoms in total. The number of anilines is 3. The number of nitrogen functional groups attached to an aromatic ring is 1. The molecule has 0 radical (unpaired) electrons. The molecule has 0 atom stereocenters. The van der Waals surface area contributed by atoms with Crippen LogP contribution in [-0.2, 0) is 6.54 Å². The van der Waals surface area contributed by atoms with Gasteiger partial charge in [0.25, 0.3) is 0 Å². The number of aromatic nitrogens is 1. The fraction of sp³-hybridized carbons (Fsp3) is 0.353. The third-order valence-corrected chi connectivity index (χ3v) is 3.34. The Hall–Kier alpha value is -2.23. The summed E-state index contributed by atoms with van der Waals surface area (Å²) in [5.74, 6) is 1.35. The molecule has 4 N–H and O–H groups in total. The van der Waals surface area contributed by atoms with Gasteiger partial charge in [0, 0.05) is 13.1 Å². The maximum Gasteiger partial charge on any atom is 0.149 e. The summed E-state index contributed by atoms with van der Waals surface area (Å²) < 4.78 is 0. The molecule has 21 heavy (non-hydrogen) atoms. The Balaban J connectivity index is 1.86. The Labute approximate surface area is 126 Å². The zero-order chi connectivity index (χ0) is 14.9. The number of hydrogen-bond acceptors (Lipinski definition) is 4. The van der Waals surface area contributed by atoms with Gasteiger partial charge in [0.1, 0.15) is 11.6 Å². The van der Waals surface area contributed by atoms with Crippen molar-refractivity contribution in [3.8, 4) is 0 Å². The lowest BCUT2D eigenvalue weighted by molar-refractivity contribution is 0.744. The lowest BCUT2D eigenvalue weighted by Crippen LogP contribution is -2.07. The van der Waals surface area contributed by atoms with Crippen LogP contribution in [0.15, 0.2) is 42.5 Å². The molecule has 1 aromatic heterocycles. The maximum absolute atomic E-state index is 5.99. The minimum Gasteiger partial charge on any atom is -0.382 e. The van der Waals surface area contributed by atoms with Crippen LogP contribution < -0.4 is 16.4 Å². The molecule has 0 aliphatic heterocycles. The van der Waals surface area contributed by atoms with Crippen LogP contribution in [0.1, 0.15) is 31.7 Å². The Morgan fingerprint density at radius 2 is 1.81 bits per heavy atom. The third-order valence-electron chi connectivity index (χ3n) is 3.34. The average molecular weight is 284 g/mol. The number of unbranched alkanes of at least 4 members (excludes halogenated alkanes) is 2. The number of nitrogens with zero attached hydrogens (tertiary/aromatic N) is 1. The first-order valence-electron chi connectivity index (χ1n) is 7.58. The summed E-state index contributed by atoms with van der Waals surface area (Å²) in [5.41, 5.74) is 8.13. The topological polar surface area (TPSA) is 63.0 Å². The van der Waals surface area contributed by atoms with Gasteiger partial charge in [-0.2, -0.15) is 0 Å². The molecule has 2 rings (SSSR count). The van der Waals surface area contributed by atoms with E-state index in [0.717, 1.165) is 31.0 Å². The molecule has 0 aliphatic rings. The van der Waals surface area contributed by atoms with E-state index in [1.165, 1.54) is 18.4 Å². The minimum atomic E-state index is 0.546.